The van der Waals surface area contributed by atoms with E-state index < -0.39 is 0 Å². The summed E-state index contributed by atoms with van der Waals surface area (Å²) in [7, 11) is 0. The molecule has 8 aromatic rings. The second-order valence-corrected chi connectivity index (χ2v) is 11.4. The standard InChI is InChI=1S/C43H29N5/c1-4-14-30(15-5-1)33-22-24-35(31-16-6-2-7-17-31)38(28-33)36-25-23-34(29-37(36)32-18-8-3-9-19-32)41-46-42(39-20-10-12-26-44-39)48-43(47-41)40-21-11-13-27-45-40/h1-29H. The highest BCUT2D eigenvalue weighted by molar-refractivity contribution is 5.95. The largest absolute Gasteiger partial charge is 0.253 e. The van der Waals surface area contributed by atoms with Crippen molar-refractivity contribution in [3.05, 3.63) is 176 Å². The summed E-state index contributed by atoms with van der Waals surface area (Å²) in [5.74, 6) is 1.54. The van der Waals surface area contributed by atoms with Crippen molar-refractivity contribution >= 4 is 0 Å². The first-order valence-electron chi connectivity index (χ1n) is 15.8. The van der Waals surface area contributed by atoms with Gasteiger partial charge in [-0.05, 0) is 80.9 Å². The summed E-state index contributed by atoms with van der Waals surface area (Å²) in [6.07, 6.45) is 3.49. The highest BCUT2D eigenvalue weighted by atomic mass is 15.1. The number of benzene rings is 5. The molecule has 3 heterocycles. The third kappa shape index (κ3) is 5.88. The minimum atomic E-state index is 0.494. The maximum absolute atomic E-state index is 4.94. The first kappa shape index (κ1) is 28.9. The molecule has 0 aliphatic heterocycles. The van der Waals surface area contributed by atoms with E-state index in [1.165, 1.54) is 5.56 Å². The SMILES string of the molecule is c1ccc(-c2ccc(-c3ccccc3)c(-c3ccc(-c4nc(-c5ccccn5)nc(-c5ccccn5)n4)cc3-c3ccccc3)c2)cc1. The Kier molecular flexibility index (Phi) is 7.83. The van der Waals surface area contributed by atoms with E-state index in [0.717, 1.165) is 44.5 Å². The molecule has 0 spiro atoms. The summed E-state index contributed by atoms with van der Waals surface area (Å²) in [6.45, 7) is 0. The number of pyridine rings is 2. The zero-order valence-electron chi connectivity index (χ0n) is 26.0. The lowest BCUT2D eigenvalue weighted by Gasteiger charge is -2.18. The quantitative estimate of drug-likeness (QED) is 0.178. The van der Waals surface area contributed by atoms with E-state index in [-0.39, 0.29) is 0 Å². The molecule has 0 bridgehead atoms. The molecule has 5 nitrogen and oxygen atoms in total. The molecule has 8 rings (SSSR count). The van der Waals surface area contributed by atoms with Crippen molar-refractivity contribution in [1.82, 2.24) is 24.9 Å². The lowest BCUT2D eigenvalue weighted by molar-refractivity contribution is 1.05. The Bertz CT molecular complexity index is 2250. The summed E-state index contributed by atoms with van der Waals surface area (Å²) < 4.78 is 0. The number of rotatable bonds is 7. The predicted octanol–water partition coefficient (Wildman–Crippen LogP) is 10.3. The molecule has 226 valence electrons. The second-order valence-electron chi connectivity index (χ2n) is 11.4. The Morgan fingerprint density at radius 1 is 0.271 bits per heavy atom. The van der Waals surface area contributed by atoms with Gasteiger partial charge in [0, 0.05) is 18.0 Å². The minimum Gasteiger partial charge on any atom is -0.253 e. The molecule has 48 heavy (non-hydrogen) atoms. The van der Waals surface area contributed by atoms with Gasteiger partial charge in [0.15, 0.2) is 17.5 Å². The van der Waals surface area contributed by atoms with E-state index in [2.05, 4.69) is 131 Å². The molecule has 3 aromatic heterocycles. The molecule has 0 saturated heterocycles. The molecule has 0 radical (unpaired) electrons. The molecule has 0 unspecified atom stereocenters. The highest BCUT2D eigenvalue weighted by Gasteiger charge is 2.18. The van der Waals surface area contributed by atoms with Crippen LogP contribution in [0.5, 0.6) is 0 Å². The molecule has 0 N–H and O–H groups in total. The maximum atomic E-state index is 4.94. The van der Waals surface area contributed by atoms with Gasteiger partial charge in [0.1, 0.15) is 11.4 Å². The second kappa shape index (κ2) is 13.0. The predicted molar refractivity (Wildman–Crippen MR) is 193 cm³/mol. The van der Waals surface area contributed by atoms with Gasteiger partial charge in [0.25, 0.3) is 0 Å². The Labute approximate surface area is 279 Å². The first-order chi connectivity index (χ1) is 23.8. The van der Waals surface area contributed by atoms with Crippen LogP contribution >= 0.6 is 0 Å². The Hall–Kier alpha value is -6.59. The van der Waals surface area contributed by atoms with Gasteiger partial charge in [-0.2, -0.15) is 0 Å². The molecule has 0 amide bonds. The Balaban J connectivity index is 1.35. The van der Waals surface area contributed by atoms with E-state index in [1.807, 2.05) is 42.5 Å². The van der Waals surface area contributed by atoms with Gasteiger partial charge in [0.05, 0.1) is 0 Å². The van der Waals surface area contributed by atoms with E-state index in [1.54, 1.807) is 12.4 Å². The molecule has 5 aromatic carbocycles. The first-order valence-corrected chi connectivity index (χ1v) is 15.8. The smallest absolute Gasteiger partial charge is 0.182 e. The van der Waals surface area contributed by atoms with Crippen molar-refractivity contribution in [1.29, 1.82) is 0 Å². The monoisotopic (exact) mass is 615 g/mol. The summed E-state index contributed by atoms with van der Waals surface area (Å²) in [5.41, 5.74) is 11.3. The zero-order valence-corrected chi connectivity index (χ0v) is 26.0. The van der Waals surface area contributed by atoms with Crippen molar-refractivity contribution < 1.29 is 0 Å². The third-order valence-corrected chi connectivity index (χ3v) is 8.29. The van der Waals surface area contributed by atoms with Gasteiger partial charge in [-0.15, -0.1) is 0 Å². The van der Waals surface area contributed by atoms with Gasteiger partial charge < -0.3 is 0 Å². The van der Waals surface area contributed by atoms with Crippen molar-refractivity contribution in [2.75, 3.05) is 0 Å². The average molecular weight is 616 g/mol. The average Bonchev–Trinajstić information content (AvgIpc) is 3.19. The number of aromatic nitrogens is 5. The van der Waals surface area contributed by atoms with Gasteiger partial charge in [-0.25, -0.2) is 15.0 Å². The van der Waals surface area contributed by atoms with E-state index in [9.17, 15) is 0 Å². The van der Waals surface area contributed by atoms with Crippen LogP contribution in [-0.2, 0) is 0 Å². The third-order valence-electron chi connectivity index (χ3n) is 8.29. The van der Waals surface area contributed by atoms with Crippen LogP contribution in [0.2, 0.25) is 0 Å². The lowest BCUT2D eigenvalue weighted by atomic mass is 9.86. The van der Waals surface area contributed by atoms with E-state index in [4.69, 9.17) is 15.0 Å². The lowest BCUT2D eigenvalue weighted by Crippen LogP contribution is -2.02. The van der Waals surface area contributed by atoms with Crippen LogP contribution in [0.4, 0.5) is 0 Å². The molecule has 0 fully saturated rings. The molecule has 5 heteroatoms. The summed E-state index contributed by atoms with van der Waals surface area (Å²) in [5, 5.41) is 0. The summed E-state index contributed by atoms with van der Waals surface area (Å²) in [4.78, 5) is 23.7. The van der Waals surface area contributed by atoms with Crippen LogP contribution in [0.25, 0.3) is 78.9 Å². The van der Waals surface area contributed by atoms with Gasteiger partial charge in [-0.1, -0.05) is 127 Å². The maximum Gasteiger partial charge on any atom is 0.182 e. The highest BCUT2D eigenvalue weighted by Crippen LogP contribution is 2.42. The molecular formula is C43H29N5. The Morgan fingerprint density at radius 2 is 0.729 bits per heavy atom. The van der Waals surface area contributed by atoms with Crippen LogP contribution in [0.1, 0.15) is 0 Å². The fourth-order valence-electron chi connectivity index (χ4n) is 5.95. The van der Waals surface area contributed by atoms with Crippen LogP contribution in [0.3, 0.4) is 0 Å². The Morgan fingerprint density at radius 3 is 1.29 bits per heavy atom. The van der Waals surface area contributed by atoms with Crippen LogP contribution in [0, 0.1) is 0 Å². The fraction of sp³-hybridized carbons (Fsp3) is 0. The minimum absolute atomic E-state index is 0.494. The van der Waals surface area contributed by atoms with Crippen molar-refractivity contribution in [2.24, 2.45) is 0 Å². The topological polar surface area (TPSA) is 64.5 Å². The van der Waals surface area contributed by atoms with Crippen molar-refractivity contribution in [2.45, 2.75) is 0 Å². The summed E-state index contributed by atoms with van der Waals surface area (Å²) >= 11 is 0. The van der Waals surface area contributed by atoms with Gasteiger partial charge >= 0.3 is 0 Å². The van der Waals surface area contributed by atoms with Crippen molar-refractivity contribution in [3.8, 4) is 78.9 Å². The number of hydrogen-bond acceptors (Lipinski definition) is 5. The molecule has 0 atom stereocenters. The number of nitrogens with zero attached hydrogens (tertiary/aromatic N) is 5. The fourth-order valence-corrected chi connectivity index (χ4v) is 5.95. The summed E-state index contributed by atoms with van der Waals surface area (Å²) in [6, 6.07) is 56.3. The van der Waals surface area contributed by atoms with Gasteiger partial charge in [0.2, 0.25) is 0 Å². The normalized spacial score (nSPS) is 10.9. The number of hydrogen-bond donors (Lipinski definition) is 0. The zero-order chi connectivity index (χ0) is 32.1. The van der Waals surface area contributed by atoms with Gasteiger partial charge in [-0.3, -0.25) is 9.97 Å². The molecular weight excluding hydrogens is 587 g/mol. The van der Waals surface area contributed by atoms with Crippen LogP contribution in [-0.4, -0.2) is 24.9 Å². The molecule has 0 saturated carbocycles. The van der Waals surface area contributed by atoms with Crippen LogP contribution in [0.15, 0.2) is 176 Å². The van der Waals surface area contributed by atoms with E-state index >= 15 is 0 Å². The van der Waals surface area contributed by atoms with Crippen LogP contribution < -0.4 is 0 Å². The van der Waals surface area contributed by atoms with Crippen molar-refractivity contribution in [3.63, 3.8) is 0 Å². The molecule has 0 aliphatic carbocycles. The molecule has 0 aliphatic rings. The van der Waals surface area contributed by atoms with E-state index in [0.29, 0.717) is 28.9 Å².